The lowest BCUT2D eigenvalue weighted by atomic mass is 9.95. The minimum Gasteiger partial charge on any atom is -0.487 e. The van der Waals surface area contributed by atoms with Gasteiger partial charge >= 0.3 is 5.97 Å². The maximum Gasteiger partial charge on any atom is 0.338 e. The first-order valence-corrected chi connectivity index (χ1v) is 16.0. The van der Waals surface area contributed by atoms with Gasteiger partial charge in [-0.1, -0.05) is 69.2 Å². The number of carbonyl (C=O) groups is 1. The molecule has 1 aliphatic rings. The molecular weight excluding hydrogens is 736 g/mol. The summed E-state index contributed by atoms with van der Waals surface area (Å²) in [5.41, 5.74) is 4.43. The third-order valence-corrected chi connectivity index (χ3v) is 9.21. The molecule has 1 aromatic heterocycles. The van der Waals surface area contributed by atoms with E-state index in [1.54, 1.807) is 18.4 Å². The molecule has 0 amide bonds. The van der Waals surface area contributed by atoms with Crippen molar-refractivity contribution in [2.45, 2.75) is 33.4 Å². The van der Waals surface area contributed by atoms with E-state index in [0.717, 1.165) is 35.7 Å². The van der Waals surface area contributed by atoms with E-state index >= 15 is 0 Å². The van der Waals surface area contributed by atoms with Crippen molar-refractivity contribution in [3.8, 4) is 5.75 Å². The van der Waals surface area contributed by atoms with Gasteiger partial charge in [0.05, 0.1) is 37.4 Å². The Kier molecular flexibility index (Phi) is 9.13. The number of aryl methyl sites for hydroxylation is 1. The van der Waals surface area contributed by atoms with Crippen molar-refractivity contribution < 1.29 is 14.3 Å². The van der Waals surface area contributed by atoms with Crippen LogP contribution in [-0.2, 0) is 16.1 Å². The molecule has 1 aliphatic heterocycles. The summed E-state index contributed by atoms with van der Waals surface area (Å²) in [6, 6.07) is 19.0. The highest BCUT2D eigenvalue weighted by atomic mass is 79.9. The Balaban J connectivity index is 1.54. The molecule has 2 heterocycles. The number of halogens is 3. The Hall–Kier alpha value is -2.79. The summed E-state index contributed by atoms with van der Waals surface area (Å²) in [6.45, 7) is 6.18. The molecule has 0 unspecified atom stereocenters. The van der Waals surface area contributed by atoms with Gasteiger partial charge in [0.15, 0.2) is 4.80 Å². The summed E-state index contributed by atoms with van der Waals surface area (Å²) in [5, 5.41) is 0. The van der Waals surface area contributed by atoms with Crippen LogP contribution in [-0.4, -0.2) is 17.1 Å². The summed E-state index contributed by atoms with van der Waals surface area (Å²) in [6.07, 6.45) is 1.83. The standard InChI is InChI=1S/C31H25Br3N2O4S/c1-4-39-30(38)26-18(3)35-31-36(27(26)21-9-5-17(2)6-10-21)29(37)25(41-31)15-20-13-23(33)28(24(34)14-20)40-16-19-7-11-22(32)12-8-19/h5-15,27H,4,16H2,1-3H3/b25-15+/t27-/m1/s1. The molecule has 0 spiro atoms. The van der Waals surface area contributed by atoms with Crippen molar-refractivity contribution in [3.63, 3.8) is 0 Å². The van der Waals surface area contributed by atoms with Gasteiger partial charge in [-0.25, -0.2) is 9.79 Å². The zero-order valence-electron chi connectivity index (χ0n) is 22.4. The molecule has 0 N–H and O–H groups in total. The SMILES string of the molecule is CCOC(=O)C1=C(C)N=c2s/c(=C/c3cc(Br)c(OCc4ccc(Br)cc4)c(Br)c3)c(=O)n2[C@@H]1c1ccc(C)cc1. The molecular formula is C31H25Br3N2O4S. The van der Waals surface area contributed by atoms with Crippen LogP contribution in [0.2, 0.25) is 0 Å². The number of hydrogen-bond donors (Lipinski definition) is 0. The topological polar surface area (TPSA) is 69.9 Å². The zero-order chi connectivity index (χ0) is 29.3. The van der Waals surface area contributed by atoms with Gasteiger partial charge in [0.2, 0.25) is 0 Å². The second kappa shape index (κ2) is 12.6. The van der Waals surface area contributed by atoms with Crippen molar-refractivity contribution in [3.05, 3.63) is 127 Å². The fourth-order valence-corrected chi connectivity index (χ4v) is 7.31. The lowest BCUT2D eigenvalue weighted by Crippen LogP contribution is -2.39. The largest absolute Gasteiger partial charge is 0.487 e. The third-order valence-electron chi connectivity index (χ3n) is 6.52. The van der Waals surface area contributed by atoms with Gasteiger partial charge in [-0.05, 0) is 99.7 Å². The van der Waals surface area contributed by atoms with E-state index in [4.69, 9.17) is 9.47 Å². The number of benzene rings is 3. The summed E-state index contributed by atoms with van der Waals surface area (Å²) in [4.78, 5) is 32.1. The van der Waals surface area contributed by atoms with Gasteiger partial charge < -0.3 is 9.47 Å². The van der Waals surface area contributed by atoms with Gasteiger partial charge in [-0.2, -0.15) is 0 Å². The van der Waals surface area contributed by atoms with E-state index in [9.17, 15) is 9.59 Å². The number of esters is 1. The molecule has 0 saturated heterocycles. The number of ether oxygens (including phenoxy) is 2. The predicted octanol–water partition coefficient (Wildman–Crippen LogP) is 6.97. The summed E-state index contributed by atoms with van der Waals surface area (Å²) >= 11 is 12.0. The van der Waals surface area contributed by atoms with Crippen molar-refractivity contribution in [2.75, 3.05) is 6.61 Å². The molecule has 0 radical (unpaired) electrons. The second-order valence-electron chi connectivity index (χ2n) is 9.44. The van der Waals surface area contributed by atoms with Crippen LogP contribution in [0.25, 0.3) is 6.08 Å². The Labute approximate surface area is 266 Å². The van der Waals surface area contributed by atoms with E-state index in [2.05, 4.69) is 52.8 Å². The highest BCUT2D eigenvalue weighted by Crippen LogP contribution is 2.36. The minimum atomic E-state index is -0.638. The molecule has 0 saturated carbocycles. The van der Waals surface area contributed by atoms with Crippen LogP contribution >= 0.6 is 59.1 Å². The zero-order valence-corrected chi connectivity index (χ0v) is 28.0. The fourth-order valence-electron chi connectivity index (χ4n) is 4.54. The molecule has 3 aromatic carbocycles. The van der Waals surface area contributed by atoms with E-state index in [1.165, 1.54) is 11.3 Å². The first-order chi connectivity index (χ1) is 19.7. The molecule has 4 aromatic rings. The lowest BCUT2D eigenvalue weighted by molar-refractivity contribution is -0.139. The fraction of sp³-hybridized carbons (Fsp3) is 0.194. The number of hydrogen-bond acceptors (Lipinski definition) is 6. The smallest absolute Gasteiger partial charge is 0.338 e. The average molecular weight is 761 g/mol. The van der Waals surface area contributed by atoms with Crippen LogP contribution in [0.1, 0.15) is 42.1 Å². The van der Waals surface area contributed by atoms with E-state index < -0.39 is 12.0 Å². The van der Waals surface area contributed by atoms with Crippen molar-refractivity contribution in [1.82, 2.24) is 4.57 Å². The molecule has 10 heteroatoms. The number of fused-ring (bicyclic) bond motifs is 1. The van der Waals surface area contributed by atoms with Crippen LogP contribution in [0.3, 0.4) is 0 Å². The molecule has 210 valence electrons. The first kappa shape index (κ1) is 29.7. The summed E-state index contributed by atoms with van der Waals surface area (Å²) < 4.78 is 16.1. The maximum atomic E-state index is 13.9. The minimum absolute atomic E-state index is 0.226. The number of nitrogens with zero attached hydrogens (tertiary/aromatic N) is 2. The summed E-state index contributed by atoms with van der Waals surface area (Å²) in [5.74, 6) is 0.195. The number of aromatic nitrogens is 1. The molecule has 41 heavy (non-hydrogen) atoms. The van der Waals surface area contributed by atoms with Crippen LogP contribution < -0.4 is 19.6 Å². The van der Waals surface area contributed by atoms with Crippen LogP contribution in [0, 0.1) is 6.92 Å². The molecule has 6 nitrogen and oxygen atoms in total. The van der Waals surface area contributed by atoms with Crippen molar-refractivity contribution in [2.24, 2.45) is 4.99 Å². The van der Waals surface area contributed by atoms with Crippen molar-refractivity contribution in [1.29, 1.82) is 0 Å². The lowest BCUT2D eigenvalue weighted by Gasteiger charge is -2.24. The normalized spacial score (nSPS) is 15.0. The van der Waals surface area contributed by atoms with Crippen LogP contribution in [0.4, 0.5) is 0 Å². The van der Waals surface area contributed by atoms with Crippen LogP contribution in [0.5, 0.6) is 5.75 Å². The number of allylic oxidation sites excluding steroid dienone is 1. The highest BCUT2D eigenvalue weighted by molar-refractivity contribution is 9.11. The number of rotatable bonds is 7. The first-order valence-electron chi connectivity index (χ1n) is 12.8. The Morgan fingerprint density at radius 1 is 1.02 bits per heavy atom. The molecule has 5 rings (SSSR count). The van der Waals surface area contributed by atoms with Gasteiger partial charge in [-0.15, -0.1) is 0 Å². The monoisotopic (exact) mass is 758 g/mol. The Morgan fingerprint density at radius 2 is 1.68 bits per heavy atom. The van der Waals surface area contributed by atoms with E-state index in [0.29, 0.717) is 33.0 Å². The summed E-state index contributed by atoms with van der Waals surface area (Å²) in [7, 11) is 0. The van der Waals surface area contributed by atoms with E-state index in [-0.39, 0.29) is 12.2 Å². The van der Waals surface area contributed by atoms with Gasteiger partial charge in [0.25, 0.3) is 5.56 Å². The predicted molar refractivity (Wildman–Crippen MR) is 172 cm³/mol. The van der Waals surface area contributed by atoms with E-state index in [1.807, 2.05) is 73.7 Å². The quantitative estimate of drug-likeness (QED) is 0.191. The maximum absolute atomic E-state index is 13.9. The second-order valence-corrected chi connectivity index (χ2v) is 13.1. The van der Waals surface area contributed by atoms with Gasteiger partial charge in [-0.3, -0.25) is 9.36 Å². The molecule has 0 aliphatic carbocycles. The van der Waals surface area contributed by atoms with Gasteiger partial charge in [0.1, 0.15) is 12.4 Å². The number of thiazole rings is 1. The highest BCUT2D eigenvalue weighted by Gasteiger charge is 2.33. The molecule has 0 fully saturated rings. The Bertz CT molecular complexity index is 1820. The third kappa shape index (κ3) is 6.35. The Morgan fingerprint density at radius 3 is 2.32 bits per heavy atom. The van der Waals surface area contributed by atoms with Crippen LogP contribution in [0.15, 0.2) is 95.1 Å². The molecule has 0 bridgehead atoms. The number of carbonyl (C=O) groups excluding carboxylic acids is 1. The molecule has 1 atom stereocenters. The van der Waals surface area contributed by atoms with Gasteiger partial charge in [0, 0.05) is 4.47 Å². The average Bonchev–Trinajstić information content (AvgIpc) is 3.23. The van der Waals surface area contributed by atoms with Crippen molar-refractivity contribution >= 4 is 71.2 Å².